The monoisotopic (exact) mass is 466 g/mol. The summed E-state index contributed by atoms with van der Waals surface area (Å²) in [5.74, 6) is 1.17. The van der Waals surface area contributed by atoms with Crippen LogP contribution in [0, 0.1) is 18.3 Å². The number of nitrogens with zero attached hydrogens (tertiary/aromatic N) is 2. The number of hydrogen-bond acceptors (Lipinski definition) is 6. The Kier molecular flexibility index (Phi) is 6.95. The van der Waals surface area contributed by atoms with Crippen molar-refractivity contribution in [2.24, 2.45) is 0 Å². The molecule has 0 aliphatic rings. The minimum absolute atomic E-state index is 0.0530. The van der Waals surface area contributed by atoms with E-state index in [0.29, 0.717) is 22.6 Å². The summed E-state index contributed by atoms with van der Waals surface area (Å²) in [5, 5.41) is 20.5. The van der Waals surface area contributed by atoms with Crippen molar-refractivity contribution >= 4 is 18.0 Å². The van der Waals surface area contributed by atoms with E-state index < -0.39 is 0 Å². The molecule has 0 unspecified atom stereocenters. The molecule has 5 nitrogen and oxygen atoms in total. The van der Waals surface area contributed by atoms with E-state index in [1.165, 1.54) is 17.8 Å². The normalized spacial score (nSPS) is 10.5. The zero-order valence-electron chi connectivity index (χ0n) is 18.8. The number of benzene rings is 3. The Balaban J connectivity index is 1.80. The average Bonchev–Trinajstić information content (AvgIpc) is 2.88. The van der Waals surface area contributed by atoms with Gasteiger partial charge >= 0.3 is 0 Å². The zero-order chi connectivity index (χ0) is 24.1. The molecule has 0 fully saturated rings. The molecule has 4 aromatic rings. The summed E-state index contributed by atoms with van der Waals surface area (Å²) in [7, 11) is 1.62. The Morgan fingerprint density at radius 3 is 2.38 bits per heavy atom. The topological polar surface area (TPSA) is 83.2 Å². The van der Waals surface area contributed by atoms with E-state index in [-0.39, 0.29) is 11.3 Å². The maximum atomic E-state index is 11.2. The van der Waals surface area contributed by atoms with E-state index in [1.54, 1.807) is 19.2 Å². The summed E-state index contributed by atoms with van der Waals surface area (Å²) in [4.78, 5) is 16.0. The maximum Gasteiger partial charge on any atom is 0.153 e. The van der Waals surface area contributed by atoms with Crippen molar-refractivity contribution in [1.82, 2.24) is 4.98 Å². The highest BCUT2D eigenvalue weighted by molar-refractivity contribution is 7.98. The number of nitriles is 1. The van der Waals surface area contributed by atoms with Crippen molar-refractivity contribution in [3.63, 3.8) is 0 Å². The number of methoxy groups -OCH3 is 1. The van der Waals surface area contributed by atoms with Crippen LogP contribution in [-0.2, 0) is 5.75 Å². The van der Waals surface area contributed by atoms with Crippen LogP contribution in [0.3, 0.4) is 0 Å². The van der Waals surface area contributed by atoms with Crippen molar-refractivity contribution in [2.75, 3.05) is 7.11 Å². The van der Waals surface area contributed by atoms with Crippen molar-refractivity contribution in [3.8, 4) is 40.0 Å². The number of hydrogen-bond donors (Lipinski definition) is 1. The number of rotatable bonds is 7. The minimum atomic E-state index is -0.0530. The third-order valence-electron chi connectivity index (χ3n) is 5.44. The zero-order valence-corrected chi connectivity index (χ0v) is 19.6. The fourth-order valence-electron chi connectivity index (χ4n) is 3.54. The number of ether oxygens (including phenoxy) is 1. The van der Waals surface area contributed by atoms with E-state index >= 15 is 0 Å². The molecule has 0 aliphatic heterocycles. The molecule has 0 spiro atoms. The molecule has 1 heterocycles. The SMILES string of the molecule is COc1ccc(-c2cc(-c3ccc(C)cc3)nc(SCc3ccc(O)c(C=O)c3)c2C#N)cc1. The summed E-state index contributed by atoms with van der Waals surface area (Å²) in [6.45, 7) is 2.03. The predicted octanol–water partition coefficient (Wildman–Crippen LogP) is 6.41. The van der Waals surface area contributed by atoms with Crippen LogP contribution in [0.15, 0.2) is 77.8 Å². The first-order valence-corrected chi connectivity index (χ1v) is 11.6. The summed E-state index contributed by atoms with van der Waals surface area (Å²) >= 11 is 1.42. The second kappa shape index (κ2) is 10.2. The minimum Gasteiger partial charge on any atom is -0.507 e. The molecular formula is C28H22N2O3S. The Morgan fingerprint density at radius 1 is 1.03 bits per heavy atom. The first-order valence-electron chi connectivity index (χ1n) is 10.6. The maximum absolute atomic E-state index is 11.2. The van der Waals surface area contributed by atoms with Crippen LogP contribution in [0.25, 0.3) is 22.4 Å². The molecule has 0 saturated carbocycles. The molecule has 34 heavy (non-hydrogen) atoms. The van der Waals surface area contributed by atoms with Crippen LogP contribution in [0.4, 0.5) is 0 Å². The highest BCUT2D eigenvalue weighted by Crippen LogP contribution is 2.36. The van der Waals surface area contributed by atoms with Gasteiger partial charge in [-0.3, -0.25) is 4.79 Å². The second-order valence-corrected chi connectivity index (χ2v) is 8.71. The standard InChI is InChI=1S/C28H22N2O3S/c1-18-3-6-21(7-4-18)26-14-24(20-8-10-23(33-2)11-9-20)25(15-29)28(30-26)34-17-19-5-12-27(32)22(13-19)16-31/h3-14,16,32H,17H2,1-2H3. The second-order valence-electron chi connectivity index (χ2n) is 7.74. The fourth-order valence-corrected chi connectivity index (χ4v) is 4.49. The highest BCUT2D eigenvalue weighted by atomic mass is 32.2. The number of aromatic hydroxyl groups is 1. The lowest BCUT2D eigenvalue weighted by atomic mass is 9.99. The van der Waals surface area contributed by atoms with Crippen molar-refractivity contribution in [3.05, 3.63) is 95.1 Å². The van der Waals surface area contributed by atoms with Gasteiger partial charge in [-0.2, -0.15) is 5.26 Å². The molecule has 0 atom stereocenters. The van der Waals surface area contributed by atoms with E-state index in [0.717, 1.165) is 39.3 Å². The molecule has 3 aromatic carbocycles. The number of carbonyl (C=O) groups excluding carboxylic acids is 1. The molecule has 168 valence electrons. The van der Waals surface area contributed by atoms with E-state index in [2.05, 4.69) is 6.07 Å². The molecular weight excluding hydrogens is 444 g/mol. The molecule has 0 aliphatic carbocycles. The summed E-state index contributed by atoms with van der Waals surface area (Å²) in [6, 6.07) is 24.9. The van der Waals surface area contributed by atoms with Gasteiger partial charge in [-0.1, -0.05) is 48.0 Å². The number of phenols is 1. The van der Waals surface area contributed by atoms with E-state index in [1.807, 2.05) is 61.5 Å². The van der Waals surface area contributed by atoms with Crippen LogP contribution >= 0.6 is 11.8 Å². The van der Waals surface area contributed by atoms with Crippen molar-refractivity contribution < 1.29 is 14.6 Å². The number of aryl methyl sites for hydroxylation is 1. The quantitative estimate of drug-likeness (QED) is 0.250. The van der Waals surface area contributed by atoms with Gasteiger partial charge in [0.1, 0.15) is 22.6 Å². The van der Waals surface area contributed by atoms with Gasteiger partial charge < -0.3 is 9.84 Å². The van der Waals surface area contributed by atoms with Gasteiger partial charge in [0.25, 0.3) is 0 Å². The molecule has 1 aromatic heterocycles. The lowest BCUT2D eigenvalue weighted by Gasteiger charge is -2.13. The summed E-state index contributed by atoms with van der Waals surface area (Å²) in [5.41, 5.74) is 6.13. The third-order valence-corrected chi connectivity index (χ3v) is 6.49. The number of carbonyl (C=O) groups is 1. The smallest absolute Gasteiger partial charge is 0.153 e. The van der Waals surface area contributed by atoms with Crippen molar-refractivity contribution in [2.45, 2.75) is 17.7 Å². The summed E-state index contributed by atoms with van der Waals surface area (Å²) < 4.78 is 5.28. The van der Waals surface area contributed by atoms with Gasteiger partial charge in [-0.25, -0.2) is 4.98 Å². The molecule has 0 saturated heterocycles. The molecule has 4 rings (SSSR count). The molecule has 0 amide bonds. The molecule has 6 heteroatoms. The average molecular weight is 467 g/mol. The van der Waals surface area contributed by atoms with Gasteiger partial charge in [-0.15, -0.1) is 11.8 Å². The lowest BCUT2D eigenvalue weighted by molar-refractivity contribution is 0.112. The van der Waals surface area contributed by atoms with Crippen LogP contribution in [0.2, 0.25) is 0 Å². The number of pyridine rings is 1. The lowest BCUT2D eigenvalue weighted by Crippen LogP contribution is -1.97. The molecule has 0 bridgehead atoms. The van der Waals surface area contributed by atoms with Gasteiger partial charge in [0.05, 0.1) is 23.9 Å². The predicted molar refractivity (Wildman–Crippen MR) is 134 cm³/mol. The number of aromatic nitrogens is 1. The third kappa shape index (κ3) is 4.95. The Bertz CT molecular complexity index is 1370. The van der Waals surface area contributed by atoms with E-state index in [9.17, 15) is 15.2 Å². The number of aldehydes is 1. The van der Waals surface area contributed by atoms with E-state index in [4.69, 9.17) is 9.72 Å². The van der Waals surface area contributed by atoms with Crippen LogP contribution in [-0.4, -0.2) is 23.5 Å². The Morgan fingerprint density at radius 2 is 1.74 bits per heavy atom. The largest absolute Gasteiger partial charge is 0.507 e. The van der Waals surface area contributed by atoms with Crippen LogP contribution < -0.4 is 4.74 Å². The van der Waals surface area contributed by atoms with Gasteiger partial charge in [0.2, 0.25) is 0 Å². The fraction of sp³-hybridized carbons (Fsp3) is 0.107. The first-order chi connectivity index (χ1) is 16.5. The number of phenolic OH excluding ortho intramolecular Hbond substituents is 1. The Hall–Kier alpha value is -4.08. The first kappa shape index (κ1) is 23.1. The molecule has 1 N–H and O–H groups in total. The van der Waals surface area contributed by atoms with Crippen molar-refractivity contribution in [1.29, 1.82) is 5.26 Å². The van der Waals surface area contributed by atoms with Crippen LogP contribution in [0.5, 0.6) is 11.5 Å². The van der Waals surface area contributed by atoms with Crippen LogP contribution in [0.1, 0.15) is 27.0 Å². The number of thioether (sulfide) groups is 1. The Labute approximate surface area is 202 Å². The highest BCUT2D eigenvalue weighted by Gasteiger charge is 2.16. The van der Waals surface area contributed by atoms with Gasteiger partial charge in [-0.05, 0) is 48.4 Å². The molecule has 0 radical (unpaired) electrons. The summed E-state index contributed by atoms with van der Waals surface area (Å²) in [6.07, 6.45) is 0.627. The van der Waals surface area contributed by atoms with Gasteiger partial charge in [0, 0.05) is 16.9 Å². The van der Waals surface area contributed by atoms with Gasteiger partial charge in [0.15, 0.2) is 6.29 Å².